The Morgan fingerprint density at radius 1 is 1.50 bits per heavy atom. The molecule has 3 nitrogen and oxygen atoms in total. The molecular formula is C10H9FO3. The zero-order chi connectivity index (χ0) is 10.6. The topological polar surface area (TPSA) is 46.5 Å². The molecule has 0 aromatic heterocycles. The molecule has 0 saturated carbocycles. The number of phenols is 1. The summed E-state index contributed by atoms with van der Waals surface area (Å²) in [6.45, 7) is 0. The van der Waals surface area contributed by atoms with Crippen LogP contribution >= 0.6 is 0 Å². The molecule has 0 aliphatic heterocycles. The fourth-order valence-electron chi connectivity index (χ4n) is 0.925. The van der Waals surface area contributed by atoms with Crippen LogP contribution in [0.2, 0.25) is 0 Å². The van der Waals surface area contributed by atoms with E-state index in [2.05, 4.69) is 4.74 Å². The smallest absolute Gasteiger partial charge is 0.330 e. The maximum Gasteiger partial charge on any atom is 0.330 e. The molecule has 0 amide bonds. The first-order valence-electron chi connectivity index (χ1n) is 3.87. The Morgan fingerprint density at radius 2 is 2.21 bits per heavy atom. The molecule has 4 heteroatoms. The van der Waals surface area contributed by atoms with E-state index in [9.17, 15) is 9.18 Å². The van der Waals surface area contributed by atoms with E-state index in [1.165, 1.54) is 25.3 Å². The predicted molar refractivity (Wildman–Crippen MR) is 49.1 cm³/mol. The van der Waals surface area contributed by atoms with E-state index in [-0.39, 0.29) is 5.75 Å². The number of carbonyl (C=O) groups excluding carboxylic acids is 1. The minimum atomic E-state index is -0.561. The van der Waals surface area contributed by atoms with E-state index in [4.69, 9.17) is 5.11 Å². The Hall–Kier alpha value is -1.84. The van der Waals surface area contributed by atoms with Gasteiger partial charge < -0.3 is 9.84 Å². The maximum atomic E-state index is 12.7. The second-order valence-corrected chi connectivity index (χ2v) is 2.60. The van der Waals surface area contributed by atoms with Crippen LogP contribution in [0.25, 0.3) is 6.08 Å². The Morgan fingerprint density at radius 3 is 2.79 bits per heavy atom. The SMILES string of the molecule is COC(=O)/C=C/c1cc(O)cc(F)c1. The largest absolute Gasteiger partial charge is 0.508 e. The third-order valence-electron chi connectivity index (χ3n) is 1.52. The fraction of sp³-hybridized carbons (Fsp3) is 0.100. The third-order valence-corrected chi connectivity index (χ3v) is 1.52. The first-order valence-corrected chi connectivity index (χ1v) is 3.87. The van der Waals surface area contributed by atoms with Gasteiger partial charge in [-0.1, -0.05) is 0 Å². The van der Waals surface area contributed by atoms with Crippen molar-refractivity contribution in [3.8, 4) is 5.75 Å². The Balaban J connectivity index is 2.86. The van der Waals surface area contributed by atoms with E-state index in [0.717, 1.165) is 12.1 Å². The average Bonchev–Trinajstić information content (AvgIpc) is 2.12. The molecule has 74 valence electrons. The van der Waals surface area contributed by atoms with Crippen LogP contribution in [0.1, 0.15) is 5.56 Å². The van der Waals surface area contributed by atoms with E-state index in [0.29, 0.717) is 5.56 Å². The van der Waals surface area contributed by atoms with Gasteiger partial charge in [0.1, 0.15) is 11.6 Å². The van der Waals surface area contributed by atoms with Gasteiger partial charge in [0.2, 0.25) is 0 Å². The average molecular weight is 196 g/mol. The van der Waals surface area contributed by atoms with Gasteiger partial charge >= 0.3 is 5.97 Å². The number of carbonyl (C=O) groups is 1. The van der Waals surface area contributed by atoms with Gasteiger partial charge in [0.05, 0.1) is 7.11 Å². The van der Waals surface area contributed by atoms with Crippen molar-refractivity contribution in [3.05, 3.63) is 35.7 Å². The van der Waals surface area contributed by atoms with Gasteiger partial charge in [-0.05, 0) is 23.8 Å². The van der Waals surface area contributed by atoms with Crippen LogP contribution < -0.4 is 0 Å². The van der Waals surface area contributed by atoms with Gasteiger partial charge in [-0.15, -0.1) is 0 Å². The first kappa shape index (κ1) is 10.2. The predicted octanol–water partition coefficient (Wildman–Crippen LogP) is 1.72. The zero-order valence-corrected chi connectivity index (χ0v) is 7.53. The number of halogens is 1. The molecule has 0 atom stereocenters. The van der Waals surface area contributed by atoms with Gasteiger partial charge in [-0.3, -0.25) is 0 Å². The summed E-state index contributed by atoms with van der Waals surface area (Å²) in [5.41, 5.74) is 0.396. The summed E-state index contributed by atoms with van der Waals surface area (Å²) in [7, 11) is 1.25. The number of hydrogen-bond donors (Lipinski definition) is 1. The molecule has 0 bridgehead atoms. The first-order chi connectivity index (χ1) is 6.61. The molecule has 0 aliphatic rings. The normalized spacial score (nSPS) is 10.4. The van der Waals surface area contributed by atoms with Crippen molar-refractivity contribution in [1.29, 1.82) is 0 Å². The number of hydrogen-bond acceptors (Lipinski definition) is 3. The second kappa shape index (κ2) is 4.41. The maximum absolute atomic E-state index is 12.7. The molecule has 0 saturated heterocycles. The highest BCUT2D eigenvalue weighted by molar-refractivity contribution is 5.86. The number of aromatic hydroxyl groups is 1. The molecule has 1 N–H and O–H groups in total. The lowest BCUT2D eigenvalue weighted by Gasteiger charge is -1.96. The highest BCUT2D eigenvalue weighted by Crippen LogP contribution is 2.15. The number of methoxy groups -OCH3 is 1. The molecule has 0 spiro atoms. The Kier molecular flexibility index (Phi) is 3.23. The minimum absolute atomic E-state index is 0.186. The molecule has 0 heterocycles. The van der Waals surface area contributed by atoms with Crippen molar-refractivity contribution in [3.63, 3.8) is 0 Å². The van der Waals surface area contributed by atoms with Gasteiger partial charge in [0.25, 0.3) is 0 Å². The summed E-state index contributed by atoms with van der Waals surface area (Å²) >= 11 is 0. The van der Waals surface area contributed by atoms with E-state index in [1.807, 2.05) is 0 Å². The highest BCUT2D eigenvalue weighted by Gasteiger charge is 1.97. The lowest BCUT2D eigenvalue weighted by Crippen LogP contribution is -1.93. The third kappa shape index (κ3) is 2.90. The molecule has 14 heavy (non-hydrogen) atoms. The second-order valence-electron chi connectivity index (χ2n) is 2.60. The van der Waals surface area contributed by atoms with Crippen molar-refractivity contribution < 1.29 is 19.0 Å². The van der Waals surface area contributed by atoms with Crippen molar-refractivity contribution in [1.82, 2.24) is 0 Å². The van der Waals surface area contributed by atoms with Crippen LogP contribution in [0.4, 0.5) is 4.39 Å². The molecule has 0 unspecified atom stereocenters. The van der Waals surface area contributed by atoms with Gasteiger partial charge in [0.15, 0.2) is 0 Å². The monoisotopic (exact) mass is 196 g/mol. The standard InChI is InChI=1S/C10H9FO3/c1-14-10(13)3-2-7-4-8(11)6-9(12)5-7/h2-6,12H,1H3/b3-2+. The molecular weight excluding hydrogens is 187 g/mol. The zero-order valence-electron chi connectivity index (χ0n) is 7.53. The number of ether oxygens (including phenoxy) is 1. The molecule has 0 aliphatic carbocycles. The van der Waals surface area contributed by atoms with Gasteiger partial charge in [0, 0.05) is 12.1 Å². The van der Waals surface area contributed by atoms with Gasteiger partial charge in [-0.25, -0.2) is 9.18 Å². The van der Waals surface area contributed by atoms with Crippen LogP contribution in [0, 0.1) is 5.82 Å². The molecule has 0 radical (unpaired) electrons. The van der Waals surface area contributed by atoms with E-state index >= 15 is 0 Å². The number of benzene rings is 1. The van der Waals surface area contributed by atoms with Crippen LogP contribution in [0.15, 0.2) is 24.3 Å². The van der Waals surface area contributed by atoms with E-state index in [1.54, 1.807) is 0 Å². The van der Waals surface area contributed by atoms with Crippen LogP contribution in [0.5, 0.6) is 5.75 Å². The van der Waals surface area contributed by atoms with Crippen molar-refractivity contribution in [2.45, 2.75) is 0 Å². The highest BCUT2D eigenvalue weighted by atomic mass is 19.1. The van der Waals surface area contributed by atoms with Gasteiger partial charge in [-0.2, -0.15) is 0 Å². The van der Waals surface area contributed by atoms with Crippen LogP contribution in [-0.4, -0.2) is 18.2 Å². The van der Waals surface area contributed by atoms with E-state index < -0.39 is 11.8 Å². The van der Waals surface area contributed by atoms with Crippen LogP contribution in [-0.2, 0) is 9.53 Å². The summed E-state index contributed by atoms with van der Waals surface area (Å²) < 4.78 is 17.1. The number of phenolic OH excluding ortho intramolecular Hbond substituents is 1. The Bertz CT molecular complexity index is 351. The number of esters is 1. The molecule has 1 aromatic carbocycles. The lowest BCUT2D eigenvalue weighted by atomic mass is 10.2. The Labute approximate surface area is 80.4 Å². The quantitative estimate of drug-likeness (QED) is 0.578. The summed E-state index contributed by atoms with van der Waals surface area (Å²) in [5, 5.41) is 9.03. The summed E-state index contributed by atoms with van der Waals surface area (Å²) in [6.07, 6.45) is 2.50. The van der Waals surface area contributed by atoms with Crippen molar-refractivity contribution in [2.24, 2.45) is 0 Å². The molecule has 1 rings (SSSR count). The summed E-state index contributed by atoms with van der Waals surface area (Å²) in [5.74, 6) is -1.28. The minimum Gasteiger partial charge on any atom is -0.508 e. The lowest BCUT2D eigenvalue weighted by molar-refractivity contribution is -0.134. The van der Waals surface area contributed by atoms with Crippen molar-refractivity contribution >= 4 is 12.0 Å². The number of rotatable bonds is 2. The molecule has 1 aromatic rings. The summed E-state index contributed by atoms with van der Waals surface area (Å²) in [6, 6.07) is 3.51. The fourth-order valence-corrected chi connectivity index (χ4v) is 0.925. The van der Waals surface area contributed by atoms with Crippen molar-refractivity contribution in [2.75, 3.05) is 7.11 Å². The van der Waals surface area contributed by atoms with Crippen LogP contribution in [0.3, 0.4) is 0 Å². The molecule has 0 fully saturated rings. The summed E-state index contributed by atoms with van der Waals surface area (Å²) in [4.78, 5) is 10.7.